The fourth-order valence-corrected chi connectivity index (χ4v) is 5.41. The Bertz CT molecular complexity index is 1880. The number of aromatic nitrogens is 1. The zero-order chi connectivity index (χ0) is 22.8. The highest BCUT2D eigenvalue weighted by atomic mass is 35.5. The van der Waals surface area contributed by atoms with Crippen LogP contribution >= 0.6 is 11.6 Å². The SMILES string of the molecule is Oc1c(-n2c3ccccc3c3cccc(-c4ccccc4)c32)cc(Cl)c2c1oc1ccccc12. The molecule has 0 spiro atoms. The topological polar surface area (TPSA) is 38.3 Å². The molecule has 0 radical (unpaired) electrons. The van der Waals surface area contributed by atoms with Crippen LogP contribution in [0, 0.1) is 0 Å². The maximum absolute atomic E-state index is 11.6. The highest BCUT2D eigenvalue weighted by Crippen LogP contribution is 2.45. The van der Waals surface area contributed by atoms with Gasteiger partial charge < -0.3 is 14.1 Å². The smallest absolute Gasteiger partial charge is 0.183 e. The minimum Gasteiger partial charge on any atom is -0.503 e. The minimum atomic E-state index is 0.0705. The average Bonchev–Trinajstić information content (AvgIpc) is 3.44. The van der Waals surface area contributed by atoms with Crippen LogP contribution in [-0.4, -0.2) is 9.67 Å². The van der Waals surface area contributed by atoms with E-state index < -0.39 is 0 Å². The molecular weight excluding hydrogens is 442 g/mol. The molecule has 0 bridgehead atoms. The van der Waals surface area contributed by atoms with Gasteiger partial charge in [-0.25, -0.2) is 0 Å². The predicted octanol–water partition coefficient (Wildman–Crippen LogP) is 8.71. The van der Waals surface area contributed by atoms with E-state index in [0.717, 1.165) is 43.7 Å². The van der Waals surface area contributed by atoms with E-state index in [4.69, 9.17) is 16.0 Å². The summed E-state index contributed by atoms with van der Waals surface area (Å²) in [7, 11) is 0. The van der Waals surface area contributed by atoms with Gasteiger partial charge in [-0.2, -0.15) is 0 Å². The molecule has 7 aromatic rings. The Morgan fingerprint density at radius 1 is 0.706 bits per heavy atom. The van der Waals surface area contributed by atoms with Crippen LogP contribution in [-0.2, 0) is 0 Å². The van der Waals surface area contributed by atoms with Crippen molar-refractivity contribution in [1.82, 2.24) is 4.57 Å². The molecule has 162 valence electrons. The summed E-state index contributed by atoms with van der Waals surface area (Å²) in [5, 5.41) is 15.9. The van der Waals surface area contributed by atoms with Gasteiger partial charge in [0.25, 0.3) is 0 Å². The summed E-state index contributed by atoms with van der Waals surface area (Å²) in [4.78, 5) is 0. The number of rotatable bonds is 2. The van der Waals surface area contributed by atoms with Crippen LogP contribution in [0.2, 0.25) is 5.02 Å². The number of hydrogen-bond donors (Lipinski definition) is 1. The number of hydrogen-bond acceptors (Lipinski definition) is 2. The highest BCUT2D eigenvalue weighted by molar-refractivity contribution is 6.38. The maximum Gasteiger partial charge on any atom is 0.183 e. The summed E-state index contributed by atoms with van der Waals surface area (Å²) in [6.07, 6.45) is 0. The van der Waals surface area contributed by atoms with Crippen molar-refractivity contribution in [3.05, 3.63) is 108 Å². The van der Waals surface area contributed by atoms with Crippen LogP contribution in [0.15, 0.2) is 108 Å². The number of para-hydroxylation sites is 3. The van der Waals surface area contributed by atoms with Gasteiger partial charge in [0.05, 0.1) is 27.1 Å². The Labute approximate surface area is 200 Å². The lowest BCUT2D eigenvalue weighted by molar-refractivity contribution is 0.467. The number of benzene rings is 5. The minimum absolute atomic E-state index is 0.0705. The van der Waals surface area contributed by atoms with Gasteiger partial charge in [-0.15, -0.1) is 0 Å². The predicted molar refractivity (Wildman–Crippen MR) is 140 cm³/mol. The maximum atomic E-state index is 11.6. The number of furan rings is 1. The zero-order valence-corrected chi connectivity index (χ0v) is 18.8. The van der Waals surface area contributed by atoms with Crippen molar-refractivity contribution >= 4 is 55.3 Å². The first-order valence-corrected chi connectivity index (χ1v) is 11.5. The third-order valence-electron chi connectivity index (χ3n) is 6.58. The van der Waals surface area contributed by atoms with Crippen molar-refractivity contribution in [3.63, 3.8) is 0 Å². The molecule has 0 atom stereocenters. The van der Waals surface area contributed by atoms with Crippen molar-refractivity contribution in [3.8, 4) is 22.6 Å². The van der Waals surface area contributed by atoms with Gasteiger partial charge in [0, 0.05) is 21.7 Å². The molecule has 0 unspecified atom stereocenters. The van der Waals surface area contributed by atoms with E-state index in [1.165, 1.54) is 0 Å². The molecule has 7 rings (SSSR count). The summed E-state index contributed by atoms with van der Waals surface area (Å²) in [6, 6.07) is 34.4. The molecule has 0 saturated heterocycles. The molecule has 3 nitrogen and oxygen atoms in total. The Morgan fingerprint density at radius 2 is 1.41 bits per heavy atom. The highest BCUT2D eigenvalue weighted by Gasteiger charge is 2.23. The van der Waals surface area contributed by atoms with Crippen molar-refractivity contribution in [1.29, 1.82) is 0 Å². The van der Waals surface area contributed by atoms with Crippen molar-refractivity contribution in [2.24, 2.45) is 0 Å². The number of phenolic OH excluding ortho intramolecular Hbond substituents is 1. The molecule has 0 saturated carbocycles. The normalized spacial score (nSPS) is 11.8. The lowest BCUT2D eigenvalue weighted by atomic mass is 10.0. The number of halogens is 1. The monoisotopic (exact) mass is 459 g/mol. The van der Waals surface area contributed by atoms with Gasteiger partial charge in [-0.05, 0) is 23.8 Å². The fourth-order valence-electron chi connectivity index (χ4n) is 5.12. The lowest BCUT2D eigenvalue weighted by Gasteiger charge is -2.14. The molecule has 0 amide bonds. The van der Waals surface area contributed by atoms with Crippen LogP contribution < -0.4 is 0 Å². The van der Waals surface area contributed by atoms with Crippen LogP contribution in [0.5, 0.6) is 5.75 Å². The Hall–Kier alpha value is -4.21. The molecule has 4 heteroatoms. The van der Waals surface area contributed by atoms with Gasteiger partial charge in [0.1, 0.15) is 5.58 Å². The first-order chi connectivity index (χ1) is 16.7. The van der Waals surface area contributed by atoms with Crippen LogP contribution in [0.25, 0.3) is 60.6 Å². The van der Waals surface area contributed by atoms with Crippen molar-refractivity contribution in [2.75, 3.05) is 0 Å². The van der Waals surface area contributed by atoms with Crippen LogP contribution in [0.4, 0.5) is 0 Å². The quantitative estimate of drug-likeness (QED) is 0.280. The summed E-state index contributed by atoms with van der Waals surface area (Å²) >= 11 is 6.85. The third kappa shape index (κ3) is 2.59. The summed E-state index contributed by atoms with van der Waals surface area (Å²) in [6.45, 7) is 0. The van der Waals surface area contributed by atoms with Gasteiger partial charge in [-0.1, -0.05) is 96.5 Å². The zero-order valence-electron chi connectivity index (χ0n) is 18.0. The average molecular weight is 460 g/mol. The summed E-state index contributed by atoms with van der Waals surface area (Å²) in [5.74, 6) is 0.0705. The van der Waals surface area contributed by atoms with Crippen LogP contribution in [0.3, 0.4) is 0 Å². The molecule has 0 fully saturated rings. The second-order valence-electron chi connectivity index (χ2n) is 8.45. The Kier molecular flexibility index (Phi) is 4.05. The Balaban J connectivity index is 1.67. The number of fused-ring (bicyclic) bond motifs is 6. The Morgan fingerprint density at radius 3 is 2.26 bits per heavy atom. The second kappa shape index (κ2) is 7.14. The summed E-state index contributed by atoms with van der Waals surface area (Å²) < 4.78 is 8.19. The molecule has 1 N–H and O–H groups in total. The standard InChI is InChI=1S/C30H18ClNO2/c31-23-17-25(29(33)30-27(23)22-12-5-7-16-26(22)34-30)32-24-15-6-4-11-20(24)21-14-8-13-19(28(21)32)18-9-2-1-3-10-18/h1-17,33H. The van der Waals surface area contributed by atoms with Crippen molar-refractivity contribution < 1.29 is 9.52 Å². The van der Waals surface area contributed by atoms with E-state index in [9.17, 15) is 5.11 Å². The molecule has 2 aromatic heterocycles. The largest absolute Gasteiger partial charge is 0.503 e. The summed E-state index contributed by atoms with van der Waals surface area (Å²) in [5.41, 5.74) is 5.86. The molecule has 2 heterocycles. The lowest BCUT2D eigenvalue weighted by Crippen LogP contribution is -1.97. The van der Waals surface area contributed by atoms with Gasteiger partial charge in [0.2, 0.25) is 0 Å². The van der Waals surface area contributed by atoms with E-state index in [2.05, 4.69) is 47.0 Å². The second-order valence-corrected chi connectivity index (χ2v) is 8.86. The van der Waals surface area contributed by atoms with Gasteiger partial charge in [0.15, 0.2) is 11.3 Å². The van der Waals surface area contributed by atoms with E-state index in [-0.39, 0.29) is 5.75 Å². The van der Waals surface area contributed by atoms with E-state index in [1.807, 2.05) is 60.7 Å². The molecule has 0 aliphatic carbocycles. The van der Waals surface area contributed by atoms with E-state index in [0.29, 0.717) is 21.9 Å². The van der Waals surface area contributed by atoms with Gasteiger partial charge >= 0.3 is 0 Å². The molecule has 0 aliphatic heterocycles. The molecule has 0 aliphatic rings. The molecule has 34 heavy (non-hydrogen) atoms. The molecular formula is C30H18ClNO2. The van der Waals surface area contributed by atoms with E-state index >= 15 is 0 Å². The first-order valence-electron chi connectivity index (χ1n) is 11.1. The third-order valence-corrected chi connectivity index (χ3v) is 6.87. The molecule has 5 aromatic carbocycles. The number of aromatic hydroxyl groups is 1. The van der Waals surface area contributed by atoms with Crippen LogP contribution in [0.1, 0.15) is 0 Å². The van der Waals surface area contributed by atoms with E-state index in [1.54, 1.807) is 0 Å². The number of phenols is 1. The van der Waals surface area contributed by atoms with Crippen molar-refractivity contribution in [2.45, 2.75) is 0 Å². The number of nitrogens with zero attached hydrogens (tertiary/aromatic N) is 1. The van der Waals surface area contributed by atoms with Gasteiger partial charge in [-0.3, -0.25) is 0 Å². The fraction of sp³-hybridized carbons (Fsp3) is 0. The first kappa shape index (κ1) is 19.3.